The van der Waals surface area contributed by atoms with E-state index in [1.165, 1.54) is 23.9 Å². The van der Waals surface area contributed by atoms with Crippen molar-refractivity contribution < 1.29 is 14.5 Å². The molecule has 2 rings (SSSR count). The standard InChI is InChI=1S/C19H19N3O4/c1-2-15-9-11-17(12-10-15)26-14-19(23)21-20-13-5-7-16-6-3-4-8-18(16)22(24)25/h3-13H,2,14H2,1H3,(H,21,23)/b7-5+,20-13-. The highest BCUT2D eigenvalue weighted by Gasteiger charge is 2.08. The van der Waals surface area contributed by atoms with Crippen molar-refractivity contribution in [2.45, 2.75) is 13.3 Å². The molecule has 134 valence electrons. The summed E-state index contributed by atoms with van der Waals surface area (Å²) < 4.78 is 5.36. The maximum Gasteiger partial charge on any atom is 0.277 e. The monoisotopic (exact) mass is 353 g/mol. The van der Waals surface area contributed by atoms with Crippen LogP contribution in [0.2, 0.25) is 0 Å². The van der Waals surface area contributed by atoms with Gasteiger partial charge < -0.3 is 4.74 Å². The number of hydrogen-bond acceptors (Lipinski definition) is 5. The summed E-state index contributed by atoms with van der Waals surface area (Å²) in [6, 6.07) is 13.9. The van der Waals surface area contributed by atoms with E-state index in [0.29, 0.717) is 11.3 Å². The molecule has 0 aliphatic rings. The predicted molar refractivity (Wildman–Crippen MR) is 100 cm³/mol. The van der Waals surface area contributed by atoms with Gasteiger partial charge in [-0.15, -0.1) is 0 Å². The third-order valence-electron chi connectivity index (χ3n) is 3.46. The van der Waals surface area contributed by atoms with Crippen LogP contribution in [0.1, 0.15) is 18.1 Å². The Hall–Kier alpha value is -3.48. The fourth-order valence-corrected chi connectivity index (χ4v) is 2.10. The van der Waals surface area contributed by atoms with Gasteiger partial charge in [0.2, 0.25) is 0 Å². The zero-order chi connectivity index (χ0) is 18.8. The summed E-state index contributed by atoms with van der Waals surface area (Å²) in [6.07, 6.45) is 5.33. The highest BCUT2D eigenvalue weighted by molar-refractivity contribution is 5.82. The van der Waals surface area contributed by atoms with Gasteiger partial charge in [-0.3, -0.25) is 14.9 Å². The molecular formula is C19H19N3O4. The lowest BCUT2D eigenvalue weighted by Gasteiger charge is -2.05. The molecule has 0 saturated heterocycles. The molecule has 26 heavy (non-hydrogen) atoms. The van der Waals surface area contributed by atoms with E-state index >= 15 is 0 Å². The van der Waals surface area contributed by atoms with E-state index in [-0.39, 0.29) is 12.3 Å². The summed E-state index contributed by atoms with van der Waals surface area (Å²) in [5.41, 5.74) is 3.97. The summed E-state index contributed by atoms with van der Waals surface area (Å²) >= 11 is 0. The normalized spacial score (nSPS) is 11.0. The number of carbonyl (C=O) groups excluding carboxylic acids is 1. The van der Waals surface area contributed by atoms with Crippen molar-refractivity contribution >= 4 is 23.9 Å². The molecule has 1 amide bonds. The largest absolute Gasteiger partial charge is 0.484 e. The average molecular weight is 353 g/mol. The van der Waals surface area contributed by atoms with Crippen molar-refractivity contribution in [2.75, 3.05) is 6.61 Å². The number of hydrogen-bond donors (Lipinski definition) is 1. The Morgan fingerprint density at radius 3 is 2.65 bits per heavy atom. The Kier molecular flexibility index (Phi) is 7.05. The van der Waals surface area contributed by atoms with E-state index in [9.17, 15) is 14.9 Å². The lowest BCUT2D eigenvalue weighted by atomic mass is 10.2. The van der Waals surface area contributed by atoms with Crippen LogP contribution < -0.4 is 10.2 Å². The Morgan fingerprint density at radius 1 is 1.23 bits per heavy atom. The Morgan fingerprint density at radius 2 is 1.96 bits per heavy atom. The minimum Gasteiger partial charge on any atom is -0.484 e. The summed E-state index contributed by atoms with van der Waals surface area (Å²) in [6.45, 7) is 1.91. The predicted octanol–water partition coefficient (Wildman–Crippen LogP) is 3.35. The summed E-state index contributed by atoms with van der Waals surface area (Å²) in [5, 5.41) is 14.6. The second-order valence-corrected chi connectivity index (χ2v) is 5.27. The molecule has 7 nitrogen and oxygen atoms in total. The molecule has 2 aromatic carbocycles. The van der Waals surface area contributed by atoms with Gasteiger partial charge in [0.25, 0.3) is 11.6 Å². The molecular weight excluding hydrogens is 334 g/mol. The molecule has 7 heteroatoms. The fraction of sp³-hybridized carbons (Fsp3) is 0.158. The third kappa shape index (κ3) is 5.86. The van der Waals surface area contributed by atoms with Gasteiger partial charge in [-0.2, -0.15) is 5.10 Å². The van der Waals surface area contributed by atoms with E-state index in [4.69, 9.17) is 4.74 Å². The van der Waals surface area contributed by atoms with Crippen LogP contribution in [-0.4, -0.2) is 23.7 Å². The number of aryl methyl sites for hydroxylation is 1. The van der Waals surface area contributed by atoms with Crippen molar-refractivity contribution in [1.29, 1.82) is 0 Å². The van der Waals surface area contributed by atoms with Crippen LogP contribution in [0, 0.1) is 10.1 Å². The Balaban J connectivity index is 1.79. The maximum atomic E-state index is 11.7. The van der Waals surface area contributed by atoms with Crippen molar-refractivity contribution in [3.05, 3.63) is 75.8 Å². The zero-order valence-electron chi connectivity index (χ0n) is 14.3. The third-order valence-corrected chi connectivity index (χ3v) is 3.46. The zero-order valence-corrected chi connectivity index (χ0v) is 14.3. The molecule has 0 aliphatic heterocycles. The van der Waals surface area contributed by atoms with Gasteiger partial charge in [-0.05, 0) is 42.3 Å². The number of benzene rings is 2. The van der Waals surface area contributed by atoms with Crippen LogP contribution in [0.4, 0.5) is 5.69 Å². The molecule has 0 unspecified atom stereocenters. The van der Waals surface area contributed by atoms with E-state index in [1.54, 1.807) is 24.3 Å². The molecule has 0 atom stereocenters. The first kappa shape index (κ1) is 18.9. The highest BCUT2D eigenvalue weighted by Crippen LogP contribution is 2.18. The van der Waals surface area contributed by atoms with Crippen LogP contribution in [0.15, 0.2) is 59.7 Å². The molecule has 0 heterocycles. The first-order valence-electron chi connectivity index (χ1n) is 8.04. The SMILES string of the molecule is CCc1ccc(OCC(=O)N/N=C\C=C\c2ccccc2[N+](=O)[O-])cc1. The number of nitrogens with one attached hydrogen (secondary N) is 1. The second-order valence-electron chi connectivity index (χ2n) is 5.27. The number of nitro benzene ring substituents is 1. The van der Waals surface area contributed by atoms with Gasteiger partial charge in [0.1, 0.15) is 5.75 Å². The number of ether oxygens (including phenoxy) is 1. The number of nitrogens with zero attached hydrogens (tertiary/aromatic N) is 2. The van der Waals surface area contributed by atoms with Crippen LogP contribution in [0.3, 0.4) is 0 Å². The second kappa shape index (κ2) is 9.73. The molecule has 0 aliphatic carbocycles. The van der Waals surface area contributed by atoms with E-state index < -0.39 is 10.8 Å². The number of nitro groups is 1. The van der Waals surface area contributed by atoms with Crippen molar-refractivity contribution in [1.82, 2.24) is 5.43 Å². The van der Waals surface area contributed by atoms with Gasteiger partial charge in [-0.1, -0.05) is 31.2 Å². The first-order valence-corrected chi connectivity index (χ1v) is 8.04. The number of allylic oxidation sites excluding steroid dienone is 1. The van der Waals surface area contributed by atoms with Gasteiger partial charge in [0, 0.05) is 12.3 Å². The van der Waals surface area contributed by atoms with Gasteiger partial charge in [0.05, 0.1) is 10.5 Å². The van der Waals surface area contributed by atoms with Crippen molar-refractivity contribution in [3.63, 3.8) is 0 Å². The lowest BCUT2D eigenvalue weighted by molar-refractivity contribution is -0.385. The Labute approximate surface area is 151 Å². The lowest BCUT2D eigenvalue weighted by Crippen LogP contribution is -2.24. The number of amides is 1. The fourth-order valence-electron chi connectivity index (χ4n) is 2.10. The maximum absolute atomic E-state index is 11.7. The van der Waals surface area contributed by atoms with E-state index in [2.05, 4.69) is 17.5 Å². The van der Waals surface area contributed by atoms with Crippen LogP contribution >= 0.6 is 0 Å². The van der Waals surface area contributed by atoms with Gasteiger partial charge >= 0.3 is 0 Å². The molecule has 2 aromatic rings. The minimum absolute atomic E-state index is 0.00340. The molecule has 0 fully saturated rings. The van der Waals surface area contributed by atoms with E-state index in [0.717, 1.165) is 6.42 Å². The number of rotatable bonds is 8. The van der Waals surface area contributed by atoms with Crippen molar-refractivity contribution in [3.8, 4) is 5.75 Å². The quantitative estimate of drug-likeness (QED) is 0.447. The molecule has 0 spiro atoms. The minimum atomic E-state index is -0.455. The van der Waals surface area contributed by atoms with Crippen LogP contribution in [0.25, 0.3) is 6.08 Å². The first-order chi connectivity index (χ1) is 12.6. The highest BCUT2D eigenvalue weighted by atomic mass is 16.6. The molecule has 0 saturated carbocycles. The summed E-state index contributed by atoms with van der Waals surface area (Å²) in [7, 11) is 0. The molecule has 0 bridgehead atoms. The molecule has 0 aromatic heterocycles. The summed E-state index contributed by atoms with van der Waals surface area (Å²) in [5.74, 6) is 0.206. The topological polar surface area (TPSA) is 93.8 Å². The average Bonchev–Trinajstić information content (AvgIpc) is 2.66. The van der Waals surface area contributed by atoms with E-state index in [1.807, 2.05) is 24.3 Å². The Bertz CT molecular complexity index is 814. The van der Waals surface area contributed by atoms with Crippen molar-refractivity contribution in [2.24, 2.45) is 5.10 Å². The van der Waals surface area contributed by atoms with Crippen LogP contribution in [0.5, 0.6) is 5.75 Å². The van der Waals surface area contributed by atoms with Gasteiger partial charge in [-0.25, -0.2) is 5.43 Å². The molecule has 0 radical (unpaired) electrons. The number of para-hydroxylation sites is 1. The summed E-state index contributed by atoms with van der Waals surface area (Å²) in [4.78, 5) is 22.1. The van der Waals surface area contributed by atoms with Gasteiger partial charge in [0.15, 0.2) is 6.61 Å². The smallest absolute Gasteiger partial charge is 0.277 e. The molecule has 1 N–H and O–H groups in total. The number of carbonyl (C=O) groups is 1. The van der Waals surface area contributed by atoms with Crippen LogP contribution in [-0.2, 0) is 11.2 Å². The number of hydrazone groups is 1.